The summed E-state index contributed by atoms with van der Waals surface area (Å²) in [6, 6.07) is 5.03. The first-order chi connectivity index (χ1) is 13.5. The van der Waals surface area contributed by atoms with Gasteiger partial charge < -0.3 is 9.80 Å². The van der Waals surface area contributed by atoms with E-state index in [0.717, 1.165) is 25.9 Å². The number of nitrogens with zero attached hydrogens (tertiary/aromatic N) is 6. The molecule has 3 heterocycles. The van der Waals surface area contributed by atoms with Gasteiger partial charge in [0.05, 0.1) is 4.92 Å². The summed E-state index contributed by atoms with van der Waals surface area (Å²) in [6.45, 7) is 1.83. The van der Waals surface area contributed by atoms with Gasteiger partial charge in [-0.05, 0) is 45.1 Å². The minimum absolute atomic E-state index is 0.0842. The molecule has 28 heavy (non-hydrogen) atoms. The van der Waals surface area contributed by atoms with Gasteiger partial charge in [0.15, 0.2) is 0 Å². The Morgan fingerprint density at radius 3 is 2.68 bits per heavy atom. The second-order valence-electron chi connectivity index (χ2n) is 6.59. The topological polar surface area (TPSA) is 129 Å². The molecule has 0 unspecified atom stereocenters. The highest BCUT2D eigenvalue weighted by Gasteiger charge is 2.30. The van der Waals surface area contributed by atoms with E-state index in [2.05, 4.69) is 37.8 Å². The molecule has 2 aromatic heterocycles. The third kappa shape index (κ3) is 4.31. The van der Waals surface area contributed by atoms with Crippen LogP contribution in [0.1, 0.15) is 23.3 Å². The van der Waals surface area contributed by atoms with Crippen molar-refractivity contribution in [3.63, 3.8) is 0 Å². The SMILES string of the molecule is CN1CCC(N(C)c2ncnc(NNC(=O)c3ccccn3)c2[N+](=O)[O-])CC1. The summed E-state index contributed by atoms with van der Waals surface area (Å²) < 4.78 is 0. The summed E-state index contributed by atoms with van der Waals surface area (Å²) in [7, 11) is 3.84. The van der Waals surface area contributed by atoms with Crippen LogP contribution in [0.4, 0.5) is 17.3 Å². The highest BCUT2D eigenvalue weighted by Crippen LogP contribution is 2.33. The number of likely N-dealkylation sites (tertiary alicyclic amines) is 1. The van der Waals surface area contributed by atoms with Gasteiger partial charge in [-0.2, -0.15) is 0 Å². The van der Waals surface area contributed by atoms with Gasteiger partial charge in [-0.25, -0.2) is 9.97 Å². The molecule has 2 N–H and O–H groups in total. The Bertz CT molecular complexity index is 840. The normalized spacial score (nSPS) is 15.1. The van der Waals surface area contributed by atoms with Crippen LogP contribution in [-0.2, 0) is 0 Å². The van der Waals surface area contributed by atoms with Crippen molar-refractivity contribution in [3.8, 4) is 0 Å². The number of nitro groups is 1. The van der Waals surface area contributed by atoms with Crippen molar-refractivity contribution in [1.82, 2.24) is 25.3 Å². The van der Waals surface area contributed by atoms with Crippen LogP contribution in [0.15, 0.2) is 30.7 Å². The highest BCUT2D eigenvalue weighted by molar-refractivity contribution is 5.93. The minimum atomic E-state index is -0.546. The average Bonchev–Trinajstić information content (AvgIpc) is 2.72. The lowest BCUT2D eigenvalue weighted by Gasteiger charge is -2.35. The fourth-order valence-corrected chi connectivity index (χ4v) is 3.12. The van der Waals surface area contributed by atoms with Crippen LogP contribution >= 0.6 is 0 Å². The molecule has 2 aromatic rings. The Hall–Kier alpha value is -3.34. The fourth-order valence-electron chi connectivity index (χ4n) is 3.12. The molecular formula is C17H22N8O3. The van der Waals surface area contributed by atoms with E-state index in [4.69, 9.17) is 0 Å². The first kappa shape index (κ1) is 19.4. The summed E-state index contributed by atoms with van der Waals surface area (Å²) in [5.74, 6) is -0.401. The number of anilines is 2. The predicted molar refractivity (Wildman–Crippen MR) is 103 cm³/mol. The van der Waals surface area contributed by atoms with Gasteiger partial charge in [0, 0.05) is 19.3 Å². The molecule has 1 saturated heterocycles. The van der Waals surface area contributed by atoms with Crippen molar-refractivity contribution < 1.29 is 9.72 Å². The third-order valence-electron chi connectivity index (χ3n) is 4.75. The Kier molecular flexibility index (Phi) is 5.94. The maximum Gasteiger partial charge on any atom is 0.355 e. The number of hydrazine groups is 1. The van der Waals surface area contributed by atoms with Crippen molar-refractivity contribution >= 4 is 23.2 Å². The van der Waals surface area contributed by atoms with E-state index in [9.17, 15) is 14.9 Å². The second kappa shape index (κ2) is 8.57. The number of piperidine rings is 1. The first-order valence-corrected chi connectivity index (χ1v) is 8.85. The molecule has 0 saturated carbocycles. The van der Waals surface area contributed by atoms with Crippen molar-refractivity contribution in [2.45, 2.75) is 18.9 Å². The predicted octanol–water partition coefficient (Wildman–Crippen LogP) is 1.07. The molecule has 3 rings (SSSR count). The summed E-state index contributed by atoms with van der Waals surface area (Å²) in [5.41, 5.74) is 4.81. The summed E-state index contributed by atoms with van der Waals surface area (Å²) in [5, 5.41) is 11.7. The zero-order valence-electron chi connectivity index (χ0n) is 15.7. The third-order valence-corrected chi connectivity index (χ3v) is 4.75. The smallest absolute Gasteiger partial charge is 0.351 e. The van der Waals surface area contributed by atoms with Gasteiger partial charge in [0.2, 0.25) is 11.6 Å². The Balaban J connectivity index is 1.79. The molecule has 1 aliphatic rings. The van der Waals surface area contributed by atoms with Gasteiger partial charge in [0.25, 0.3) is 5.91 Å². The van der Waals surface area contributed by atoms with Crippen molar-refractivity contribution in [2.24, 2.45) is 0 Å². The van der Waals surface area contributed by atoms with Crippen molar-refractivity contribution in [1.29, 1.82) is 0 Å². The van der Waals surface area contributed by atoms with Crippen LogP contribution in [-0.4, -0.2) is 63.9 Å². The van der Waals surface area contributed by atoms with Crippen LogP contribution in [0.2, 0.25) is 0 Å². The molecule has 148 valence electrons. The fraction of sp³-hybridized carbons (Fsp3) is 0.412. The molecule has 11 heteroatoms. The van der Waals surface area contributed by atoms with Gasteiger partial charge in [0.1, 0.15) is 12.0 Å². The van der Waals surface area contributed by atoms with Gasteiger partial charge in [-0.1, -0.05) is 6.07 Å². The minimum Gasteiger partial charge on any atom is -0.351 e. The van der Waals surface area contributed by atoms with E-state index in [-0.39, 0.29) is 29.1 Å². The molecule has 0 radical (unpaired) electrons. The van der Waals surface area contributed by atoms with Crippen LogP contribution < -0.4 is 15.8 Å². The summed E-state index contributed by atoms with van der Waals surface area (Å²) in [6.07, 6.45) is 4.49. The van der Waals surface area contributed by atoms with Gasteiger partial charge >= 0.3 is 5.69 Å². The number of rotatable bonds is 6. The molecule has 1 fully saturated rings. The molecule has 0 bridgehead atoms. The van der Waals surface area contributed by atoms with Gasteiger partial charge in [-0.3, -0.25) is 30.7 Å². The van der Waals surface area contributed by atoms with E-state index in [1.807, 2.05) is 4.90 Å². The number of amides is 1. The largest absolute Gasteiger partial charge is 0.355 e. The molecule has 1 aliphatic heterocycles. The number of hydrogen-bond donors (Lipinski definition) is 2. The first-order valence-electron chi connectivity index (χ1n) is 8.85. The maximum absolute atomic E-state index is 12.1. The van der Waals surface area contributed by atoms with E-state index in [0.29, 0.717) is 0 Å². The quantitative estimate of drug-likeness (QED) is 0.553. The lowest BCUT2D eigenvalue weighted by molar-refractivity contribution is -0.383. The highest BCUT2D eigenvalue weighted by atomic mass is 16.6. The van der Waals surface area contributed by atoms with Gasteiger partial charge in [-0.15, -0.1) is 0 Å². The van der Waals surface area contributed by atoms with E-state index in [1.54, 1.807) is 19.2 Å². The molecule has 0 spiro atoms. The maximum atomic E-state index is 12.1. The number of pyridine rings is 1. The lowest BCUT2D eigenvalue weighted by Crippen LogP contribution is -2.42. The Labute approximate surface area is 161 Å². The van der Waals surface area contributed by atoms with Crippen LogP contribution in [0.5, 0.6) is 0 Å². The Morgan fingerprint density at radius 1 is 1.29 bits per heavy atom. The monoisotopic (exact) mass is 386 g/mol. The van der Waals surface area contributed by atoms with Crippen molar-refractivity contribution in [2.75, 3.05) is 37.5 Å². The van der Waals surface area contributed by atoms with E-state index in [1.165, 1.54) is 18.6 Å². The molecule has 11 nitrogen and oxygen atoms in total. The van der Waals surface area contributed by atoms with Crippen LogP contribution in [0.3, 0.4) is 0 Å². The van der Waals surface area contributed by atoms with Crippen LogP contribution in [0.25, 0.3) is 0 Å². The molecule has 0 aromatic carbocycles. The van der Waals surface area contributed by atoms with E-state index >= 15 is 0 Å². The number of hydrogen-bond acceptors (Lipinski definition) is 9. The van der Waals surface area contributed by atoms with Crippen molar-refractivity contribution in [3.05, 3.63) is 46.5 Å². The number of nitrogens with one attached hydrogen (secondary N) is 2. The van der Waals surface area contributed by atoms with E-state index < -0.39 is 10.8 Å². The Morgan fingerprint density at radius 2 is 2.04 bits per heavy atom. The molecule has 1 amide bonds. The number of aromatic nitrogens is 3. The summed E-state index contributed by atoms with van der Waals surface area (Å²) in [4.78, 5) is 39.3. The number of carbonyl (C=O) groups excluding carboxylic acids is 1. The zero-order chi connectivity index (χ0) is 20.1. The average molecular weight is 386 g/mol. The standard InChI is InChI=1S/C17H22N8O3/c1-23-9-6-12(7-10-23)24(2)16-14(25(27)28)15(19-11-20-16)21-22-17(26)13-5-3-4-8-18-13/h3-5,8,11-12H,6-7,9-10H2,1-2H3,(H,22,26)(H,19,20,21). The molecule has 0 atom stereocenters. The summed E-state index contributed by atoms with van der Waals surface area (Å²) >= 11 is 0. The lowest BCUT2D eigenvalue weighted by atomic mass is 10.0. The zero-order valence-corrected chi connectivity index (χ0v) is 15.7. The number of carbonyl (C=O) groups is 1. The second-order valence-corrected chi connectivity index (χ2v) is 6.59. The molecular weight excluding hydrogens is 364 g/mol. The molecule has 0 aliphatic carbocycles. The van der Waals surface area contributed by atoms with Crippen LogP contribution in [0, 0.1) is 10.1 Å².